The van der Waals surface area contributed by atoms with Gasteiger partial charge in [-0.3, -0.25) is 0 Å². The van der Waals surface area contributed by atoms with E-state index in [4.69, 9.17) is 23.2 Å². The number of aryl methyl sites for hydroxylation is 1. The second-order valence-corrected chi connectivity index (χ2v) is 5.47. The molecular weight excluding hydrogens is 322 g/mol. The minimum Gasteiger partial charge on any atom is -0.311 e. The molecule has 0 aliphatic rings. The summed E-state index contributed by atoms with van der Waals surface area (Å²) in [6.45, 7) is 0.136. The van der Waals surface area contributed by atoms with Gasteiger partial charge in [0.1, 0.15) is 11.3 Å². The molecule has 0 aliphatic heterocycles. The number of imidazole rings is 1. The van der Waals surface area contributed by atoms with Gasteiger partial charge in [0.15, 0.2) is 5.65 Å². The molecule has 0 spiro atoms. The highest BCUT2D eigenvalue weighted by Gasteiger charge is 2.27. The standard InChI is InChI=1S/C10H8Cl2F3N3S/c11-4-8-17-7-3-6(12)5-16-9(7)18(8)1-2-19-10(13,14)15/h3,5H,1-2,4H2. The zero-order chi connectivity index (χ0) is 14.0. The molecule has 3 nitrogen and oxygen atoms in total. The summed E-state index contributed by atoms with van der Waals surface area (Å²) < 4.78 is 37.9. The highest BCUT2D eigenvalue weighted by atomic mass is 35.5. The van der Waals surface area contributed by atoms with Gasteiger partial charge in [-0.2, -0.15) is 13.2 Å². The zero-order valence-corrected chi connectivity index (χ0v) is 11.7. The van der Waals surface area contributed by atoms with Crippen molar-refractivity contribution < 1.29 is 13.2 Å². The summed E-state index contributed by atoms with van der Waals surface area (Å²) in [4.78, 5) is 8.28. The molecule has 0 aliphatic carbocycles. The maximum Gasteiger partial charge on any atom is 0.441 e. The number of thioether (sulfide) groups is 1. The Bertz CT molecular complexity index is 585. The third-order valence-electron chi connectivity index (χ3n) is 2.33. The Kier molecular flexibility index (Phi) is 4.47. The molecule has 0 atom stereocenters. The number of nitrogens with zero attached hydrogens (tertiary/aromatic N) is 3. The summed E-state index contributed by atoms with van der Waals surface area (Å²) >= 11 is 11.4. The van der Waals surface area contributed by atoms with Gasteiger partial charge >= 0.3 is 5.51 Å². The Morgan fingerprint density at radius 1 is 1.37 bits per heavy atom. The van der Waals surface area contributed by atoms with Crippen molar-refractivity contribution in [3.05, 3.63) is 23.1 Å². The summed E-state index contributed by atoms with van der Waals surface area (Å²) in [6.07, 6.45) is 1.43. The van der Waals surface area contributed by atoms with Crippen molar-refractivity contribution in [3.63, 3.8) is 0 Å². The van der Waals surface area contributed by atoms with Gasteiger partial charge in [-0.1, -0.05) is 11.6 Å². The van der Waals surface area contributed by atoms with Crippen LogP contribution in [-0.4, -0.2) is 25.8 Å². The molecule has 0 amide bonds. The minimum atomic E-state index is -4.24. The van der Waals surface area contributed by atoms with Crippen LogP contribution in [0, 0.1) is 0 Å². The summed E-state index contributed by atoms with van der Waals surface area (Å²) in [5, 5.41) is 0.419. The Hall–Kier alpha value is -0.660. The van der Waals surface area contributed by atoms with Crippen LogP contribution in [0.1, 0.15) is 5.82 Å². The molecule has 2 aromatic rings. The SMILES string of the molecule is FC(F)(F)SCCn1c(CCl)nc2cc(Cl)cnc21. The van der Waals surface area contributed by atoms with E-state index >= 15 is 0 Å². The van der Waals surface area contributed by atoms with Gasteiger partial charge in [0.05, 0.1) is 10.9 Å². The van der Waals surface area contributed by atoms with Crippen molar-refractivity contribution in [2.75, 3.05) is 5.75 Å². The van der Waals surface area contributed by atoms with Crippen LogP contribution in [0.15, 0.2) is 12.3 Å². The normalized spacial score (nSPS) is 12.3. The molecule has 2 aromatic heterocycles. The topological polar surface area (TPSA) is 30.7 Å². The second-order valence-electron chi connectivity index (χ2n) is 3.60. The molecule has 104 valence electrons. The molecule has 0 radical (unpaired) electrons. The number of halogens is 5. The molecule has 0 saturated carbocycles. The van der Waals surface area contributed by atoms with E-state index in [0.29, 0.717) is 22.0 Å². The van der Waals surface area contributed by atoms with Crippen LogP contribution in [0.5, 0.6) is 0 Å². The lowest BCUT2D eigenvalue weighted by Crippen LogP contribution is -2.09. The van der Waals surface area contributed by atoms with Crippen LogP contribution < -0.4 is 0 Å². The average molecular weight is 330 g/mol. The molecule has 0 unspecified atom stereocenters. The molecule has 2 rings (SSSR count). The summed E-state index contributed by atoms with van der Waals surface area (Å²) in [6, 6.07) is 1.60. The molecule has 0 fully saturated rings. The molecule has 0 aromatic carbocycles. The fraction of sp³-hybridized carbons (Fsp3) is 0.400. The van der Waals surface area contributed by atoms with Crippen molar-refractivity contribution in [3.8, 4) is 0 Å². The number of fused-ring (bicyclic) bond motifs is 1. The van der Waals surface area contributed by atoms with Crippen molar-refractivity contribution in [2.45, 2.75) is 17.9 Å². The lowest BCUT2D eigenvalue weighted by molar-refractivity contribution is -0.0328. The van der Waals surface area contributed by atoms with E-state index in [0.717, 1.165) is 0 Å². The van der Waals surface area contributed by atoms with E-state index in [1.165, 1.54) is 6.20 Å². The van der Waals surface area contributed by atoms with E-state index in [-0.39, 0.29) is 29.9 Å². The predicted octanol–water partition coefficient (Wildman–Crippen LogP) is 4.08. The van der Waals surface area contributed by atoms with E-state index in [9.17, 15) is 13.2 Å². The summed E-state index contributed by atoms with van der Waals surface area (Å²) in [5.41, 5.74) is -3.23. The van der Waals surface area contributed by atoms with Crippen LogP contribution in [0.25, 0.3) is 11.2 Å². The third-order valence-corrected chi connectivity index (χ3v) is 3.49. The number of hydrogen-bond acceptors (Lipinski definition) is 3. The van der Waals surface area contributed by atoms with Gasteiger partial charge in [0, 0.05) is 18.5 Å². The number of rotatable bonds is 4. The van der Waals surface area contributed by atoms with E-state index in [1.54, 1.807) is 10.6 Å². The first kappa shape index (κ1) is 14.7. The zero-order valence-electron chi connectivity index (χ0n) is 9.42. The molecule has 9 heteroatoms. The van der Waals surface area contributed by atoms with Crippen molar-refractivity contribution in [1.82, 2.24) is 14.5 Å². The van der Waals surface area contributed by atoms with Crippen LogP contribution >= 0.6 is 35.0 Å². The summed E-state index contributed by atoms with van der Waals surface area (Å²) in [7, 11) is 0. The minimum absolute atomic E-state index is 0.0828. The first-order valence-corrected chi connectivity index (χ1v) is 7.08. The fourth-order valence-electron chi connectivity index (χ4n) is 1.62. The lowest BCUT2D eigenvalue weighted by Gasteiger charge is -2.08. The monoisotopic (exact) mass is 329 g/mol. The molecule has 19 heavy (non-hydrogen) atoms. The summed E-state index contributed by atoms with van der Waals surface area (Å²) in [5.74, 6) is 0.461. The van der Waals surface area contributed by atoms with E-state index < -0.39 is 5.51 Å². The molecule has 0 saturated heterocycles. The largest absolute Gasteiger partial charge is 0.441 e. The Morgan fingerprint density at radius 2 is 2.11 bits per heavy atom. The number of pyridine rings is 1. The highest BCUT2D eigenvalue weighted by Crippen LogP contribution is 2.30. The Balaban J connectivity index is 2.25. The fourth-order valence-corrected chi connectivity index (χ4v) is 2.48. The number of hydrogen-bond donors (Lipinski definition) is 0. The van der Waals surface area contributed by atoms with Crippen LogP contribution in [0.3, 0.4) is 0 Å². The second kappa shape index (κ2) is 5.76. The van der Waals surface area contributed by atoms with Crippen LogP contribution in [0.2, 0.25) is 5.02 Å². The van der Waals surface area contributed by atoms with Gasteiger partial charge in [-0.25, -0.2) is 9.97 Å². The number of aromatic nitrogens is 3. The van der Waals surface area contributed by atoms with Gasteiger partial charge in [0.2, 0.25) is 0 Å². The highest BCUT2D eigenvalue weighted by molar-refractivity contribution is 8.00. The first-order chi connectivity index (χ1) is 8.90. The third kappa shape index (κ3) is 3.67. The van der Waals surface area contributed by atoms with Crippen molar-refractivity contribution in [2.24, 2.45) is 0 Å². The van der Waals surface area contributed by atoms with Gasteiger partial charge < -0.3 is 4.57 Å². The molecule has 0 N–H and O–H groups in total. The van der Waals surface area contributed by atoms with Gasteiger partial charge in [-0.05, 0) is 17.8 Å². The van der Waals surface area contributed by atoms with E-state index in [1.807, 2.05) is 0 Å². The van der Waals surface area contributed by atoms with Crippen LogP contribution in [-0.2, 0) is 12.4 Å². The Labute approximate surface area is 121 Å². The lowest BCUT2D eigenvalue weighted by atomic mass is 10.4. The van der Waals surface area contributed by atoms with E-state index in [2.05, 4.69) is 9.97 Å². The van der Waals surface area contributed by atoms with Crippen LogP contribution in [0.4, 0.5) is 13.2 Å². The van der Waals surface area contributed by atoms with Gasteiger partial charge in [0.25, 0.3) is 0 Å². The quantitative estimate of drug-likeness (QED) is 0.792. The molecule has 2 heterocycles. The molecule has 0 bridgehead atoms. The average Bonchev–Trinajstić information content (AvgIpc) is 2.65. The van der Waals surface area contributed by atoms with Gasteiger partial charge in [-0.15, -0.1) is 11.6 Å². The van der Waals surface area contributed by atoms with Crippen molar-refractivity contribution >= 4 is 46.1 Å². The first-order valence-electron chi connectivity index (χ1n) is 5.18. The predicted molar refractivity (Wildman–Crippen MR) is 70.6 cm³/mol. The maximum absolute atomic E-state index is 12.1. The maximum atomic E-state index is 12.1. The Morgan fingerprint density at radius 3 is 2.74 bits per heavy atom. The van der Waals surface area contributed by atoms with Crippen molar-refractivity contribution in [1.29, 1.82) is 0 Å². The number of alkyl halides is 4. The molecular formula is C10H8Cl2F3N3S. The smallest absolute Gasteiger partial charge is 0.311 e.